The molecule has 1 aliphatic rings. The molecular formula is C24H22N2O3S. The molecule has 0 bridgehead atoms. The molecule has 4 rings (SSSR count). The summed E-state index contributed by atoms with van der Waals surface area (Å²) in [6, 6.07) is 23.8. The normalized spacial score (nSPS) is 16.4. The van der Waals surface area contributed by atoms with Gasteiger partial charge in [-0.05, 0) is 41.8 Å². The zero-order valence-electron chi connectivity index (χ0n) is 16.6. The zero-order chi connectivity index (χ0) is 21.1. The summed E-state index contributed by atoms with van der Waals surface area (Å²) in [6.45, 7) is 2.20. The monoisotopic (exact) mass is 418 g/mol. The average molecular weight is 419 g/mol. The van der Waals surface area contributed by atoms with Crippen LogP contribution in [0.25, 0.3) is 0 Å². The number of fused-ring (bicyclic) bond motifs is 1. The fraction of sp³-hybridized carbons (Fsp3) is 0.125. The number of para-hydroxylation sites is 1. The first kappa shape index (κ1) is 19.9. The van der Waals surface area contributed by atoms with Gasteiger partial charge in [0.1, 0.15) is 0 Å². The van der Waals surface area contributed by atoms with Crippen molar-refractivity contribution in [3.63, 3.8) is 0 Å². The smallest absolute Gasteiger partial charge is 0.270 e. The van der Waals surface area contributed by atoms with E-state index in [2.05, 4.69) is 5.32 Å². The second-order valence-electron chi connectivity index (χ2n) is 7.05. The van der Waals surface area contributed by atoms with E-state index in [1.807, 2.05) is 61.5 Å². The number of anilines is 2. The summed E-state index contributed by atoms with van der Waals surface area (Å²) < 4.78 is 28.2. The van der Waals surface area contributed by atoms with E-state index in [0.29, 0.717) is 11.3 Å². The third kappa shape index (κ3) is 3.74. The Morgan fingerprint density at radius 1 is 0.900 bits per heavy atom. The van der Waals surface area contributed by atoms with Crippen LogP contribution in [0.5, 0.6) is 0 Å². The number of carbonyl (C=O) groups excluding carboxylic acids is 1. The minimum absolute atomic E-state index is 0.149. The van der Waals surface area contributed by atoms with Crippen molar-refractivity contribution in [3.05, 3.63) is 107 Å². The molecule has 0 saturated carbocycles. The molecule has 0 radical (unpaired) electrons. The number of ketones is 1. The van der Waals surface area contributed by atoms with Crippen LogP contribution in [0.1, 0.15) is 28.4 Å². The number of carbonyl (C=O) groups is 1. The lowest BCUT2D eigenvalue weighted by atomic mass is 10.1. The van der Waals surface area contributed by atoms with Gasteiger partial charge < -0.3 is 5.32 Å². The topological polar surface area (TPSA) is 66.5 Å². The Balaban J connectivity index is 1.76. The van der Waals surface area contributed by atoms with Gasteiger partial charge >= 0.3 is 0 Å². The van der Waals surface area contributed by atoms with E-state index in [1.165, 1.54) is 10.5 Å². The zero-order valence-corrected chi connectivity index (χ0v) is 17.4. The summed E-state index contributed by atoms with van der Waals surface area (Å²) in [5, 5.41) is 3.00. The molecule has 0 aromatic heterocycles. The van der Waals surface area contributed by atoms with Crippen molar-refractivity contribution in [1.82, 2.24) is 0 Å². The van der Waals surface area contributed by atoms with Crippen molar-refractivity contribution in [1.29, 1.82) is 0 Å². The number of rotatable bonds is 5. The van der Waals surface area contributed by atoms with Gasteiger partial charge in [0, 0.05) is 17.5 Å². The largest absolute Gasteiger partial charge is 0.360 e. The van der Waals surface area contributed by atoms with E-state index >= 15 is 0 Å². The van der Waals surface area contributed by atoms with Gasteiger partial charge in [0.15, 0.2) is 4.91 Å². The van der Waals surface area contributed by atoms with Crippen LogP contribution in [0, 0.1) is 0 Å². The van der Waals surface area contributed by atoms with Crippen molar-refractivity contribution < 1.29 is 13.2 Å². The fourth-order valence-corrected chi connectivity index (χ4v) is 5.00. The Morgan fingerprint density at radius 3 is 2.37 bits per heavy atom. The molecule has 0 fully saturated rings. The first-order chi connectivity index (χ1) is 14.5. The Kier molecular flexibility index (Phi) is 5.42. The maximum absolute atomic E-state index is 13.4. The van der Waals surface area contributed by atoms with Gasteiger partial charge in [-0.15, -0.1) is 0 Å². The standard InChI is InChI=1S/C24H22N2O3S/c1-2-18-11-8-12-20(15-18)25-16-23-24(27)21-13-6-7-14-22(21)26(30(23,28)29)17-19-9-4-3-5-10-19/h3-16,25H,2,17H2,1H3/b23-16-. The minimum Gasteiger partial charge on any atom is -0.360 e. The van der Waals surface area contributed by atoms with Crippen molar-refractivity contribution in [2.75, 3.05) is 9.62 Å². The second-order valence-corrected chi connectivity index (χ2v) is 8.88. The van der Waals surface area contributed by atoms with Gasteiger partial charge in [-0.25, -0.2) is 8.42 Å². The van der Waals surface area contributed by atoms with Gasteiger partial charge in [-0.2, -0.15) is 0 Å². The van der Waals surface area contributed by atoms with Crippen LogP contribution in [0.3, 0.4) is 0 Å². The summed E-state index contributed by atoms with van der Waals surface area (Å²) in [7, 11) is -4.03. The lowest BCUT2D eigenvalue weighted by Gasteiger charge is -2.31. The first-order valence-electron chi connectivity index (χ1n) is 9.76. The summed E-state index contributed by atoms with van der Waals surface area (Å²) in [5.41, 5.74) is 3.47. The van der Waals surface area contributed by atoms with Crippen LogP contribution < -0.4 is 9.62 Å². The number of hydrogen-bond donors (Lipinski definition) is 1. The first-order valence-corrected chi connectivity index (χ1v) is 11.2. The molecule has 0 unspecified atom stereocenters. The van der Waals surface area contributed by atoms with Gasteiger partial charge in [-0.3, -0.25) is 9.10 Å². The molecule has 6 heteroatoms. The predicted octanol–water partition coefficient (Wildman–Crippen LogP) is 4.74. The molecule has 3 aromatic rings. The SMILES string of the molecule is CCc1cccc(N/C=C2/C(=O)c3ccccc3N(Cc3ccccc3)S2(=O)=O)c1. The molecule has 5 nitrogen and oxygen atoms in total. The van der Waals surface area contributed by atoms with E-state index in [0.717, 1.165) is 23.2 Å². The van der Waals surface area contributed by atoms with E-state index < -0.39 is 15.8 Å². The maximum atomic E-state index is 13.4. The van der Waals surface area contributed by atoms with Gasteiger partial charge in [0.25, 0.3) is 10.0 Å². The van der Waals surface area contributed by atoms with Crippen LogP contribution >= 0.6 is 0 Å². The van der Waals surface area contributed by atoms with E-state index in [9.17, 15) is 13.2 Å². The van der Waals surface area contributed by atoms with Crippen LogP contribution in [0.15, 0.2) is 90.0 Å². The number of benzene rings is 3. The van der Waals surface area contributed by atoms with E-state index in [1.54, 1.807) is 24.3 Å². The Bertz CT molecular complexity index is 1220. The lowest BCUT2D eigenvalue weighted by molar-refractivity contribution is 0.104. The Morgan fingerprint density at radius 2 is 1.60 bits per heavy atom. The molecule has 0 saturated heterocycles. The summed E-state index contributed by atoms with van der Waals surface area (Å²) in [4.78, 5) is 12.8. The van der Waals surface area contributed by atoms with Crippen LogP contribution in [-0.2, 0) is 23.0 Å². The number of sulfonamides is 1. The third-order valence-corrected chi connectivity index (χ3v) is 6.85. The lowest BCUT2D eigenvalue weighted by Crippen LogP contribution is -2.39. The average Bonchev–Trinajstić information content (AvgIpc) is 2.77. The molecule has 0 spiro atoms. The molecule has 0 aliphatic carbocycles. The van der Waals surface area contributed by atoms with Crippen LogP contribution in [0.4, 0.5) is 11.4 Å². The molecule has 0 atom stereocenters. The van der Waals surface area contributed by atoms with Crippen molar-refractivity contribution >= 4 is 27.2 Å². The minimum atomic E-state index is -4.03. The van der Waals surface area contributed by atoms with E-state index in [-0.39, 0.29) is 11.4 Å². The Hall–Kier alpha value is -3.38. The molecular weight excluding hydrogens is 396 g/mol. The van der Waals surface area contributed by atoms with Crippen molar-refractivity contribution in [2.24, 2.45) is 0 Å². The van der Waals surface area contributed by atoms with Gasteiger partial charge in [-0.1, -0.05) is 61.5 Å². The maximum Gasteiger partial charge on any atom is 0.270 e. The highest BCUT2D eigenvalue weighted by atomic mass is 32.2. The highest BCUT2D eigenvalue weighted by Gasteiger charge is 2.39. The molecule has 1 N–H and O–H groups in total. The number of aryl methyl sites for hydroxylation is 1. The predicted molar refractivity (Wildman–Crippen MR) is 120 cm³/mol. The number of hydrogen-bond acceptors (Lipinski definition) is 4. The fourth-order valence-electron chi connectivity index (χ4n) is 3.47. The number of Topliss-reactive ketones (excluding diaryl/α,β-unsaturated/α-hetero) is 1. The molecule has 3 aromatic carbocycles. The van der Waals surface area contributed by atoms with Crippen LogP contribution in [0.2, 0.25) is 0 Å². The summed E-state index contributed by atoms with van der Waals surface area (Å²) in [5.74, 6) is -0.506. The Labute approximate surface area is 176 Å². The van der Waals surface area contributed by atoms with Crippen LogP contribution in [-0.4, -0.2) is 14.2 Å². The molecule has 0 amide bonds. The number of nitrogens with zero attached hydrogens (tertiary/aromatic N) is 1. The third-order valence-electron chi connectivity index (χ3n) is 5.08. The highest BCUT2D eigenvalue weighted by Crippen LogP contribution is 2.36. The number of nitrogens with one attached hydrogen (secondary N) is 1. The second kappa shape index (κ2) is 8.16. The summed E-state index contributed by atoms with van der Waals surface area (Å²) >= 11 is 0. The van der Waals surface area contributed by atoms with Crippen molar-refractivity contribution in [3.8, 4) is 0 Å². The van der Waals surface area contributed by atoms with Gasteiger partial charge in [0.2, 0.25) is 5.78 Å². The molecule has 1 aliphatic heterocycles. The van der Waals surface area contributed by atoms with E-state index in [4.69, 9.17) is 0 Å². The summed E-state index contributed by atoms with van der Waals surface area (Å²) in [6.07, 6.45) is 2.17. The molecule has 30 heavy (non-hydrogen) atoms. The highest BCUT2D eigenvalue weighted by molar-refractivity contribution is 7.97. The van der Waals surface area contributed by atoms with Gasteiger partial charge in [0.05, 0.1) is 12.2 Å². The molecule has 1 heterocycles. The van der Waals surface area contributed by atoms with Crippen molar-refractivity contribution in [2.45, 2.75) is 19.9 Å². The number of allylic oxidation sites excluding steroid dienone is 1. The quantitative estimate of drug-likeness (QED) is 0.608. The molecule has 152 valence electrons.